The van der Waals surface area contributed by atoms with Gasteiger partial charge in [0.05, 0.1) is 15.1 Å². The maximum absolute atomic E-state index is 12.4. The number of aryl methyl sites for hydroxylation is 2. The lowest BCUT2D eigenvalue weighted by atomic mass is 10.1. The highest BCUT2D eigenvalue weighted by atomic mass is 32.1. The summed E-state index contributed by atoms with van der Waals surface area (Å²) in [5, 5.41) is 17.1. The van der Waals surface area contributed by atoms with Crippen LogP contribution in [0.25, 0.3) is 10.2 Å². The van der Waals surface area contributed by atoms with Crippen molar-refractivity contribution >= 4 is 55.6 Å². The second kappa shape index (κ2) is 7.37. The first-order valence-corrected chi connectivity index (χ1v) is 9.23. The highest BCUT2D eigenvalue weighted by molar-refractivity contribution is 7.80. The number of nitrogens with one attached hydrogen (secondary N) is 2. The molecule has 0 saturated carbocycles. The minimum absolute atomic E-state index is 0.0827. The number of thiazole rings is 1. The molecule has 27 heavy (non-hydrogen) atoms. The summed E-state index contributed by atoms with van der Waals surface area (Å²) in [7, 11) is 0. The van der Waals surface area contributed by atoms with E-state index in [1.165, 1.54) is 36.5 Å². The number of carbonyl (C=O) groups is 1. The number of rotatable bonds is 3. The molecule has 7 nitrogen and oxygen atoms in total. The number of fused-ring (bicyclic) bond motifs is 1. The Morgan fingerprint density at radius 1 is 1.26 bits per heavy atom. The van der Waals surface area contributed by atoms with Gasteiger partial charge >= 0.3 is 0 Å². The van der Waals surface area contributed by atoms with E-state index in [1.807, 2.05) is 19.9 Å². The number of benzene rings is 2. The summed E-state index contributed by atoms with van der Waals surface area (Å²) in [6.45, 7) is 5.54. The summed E-state index contributed by atoms with van der Waals surface area (Å²) in [5.74, 6) is -0.512. The van der Waals surface area contributed by atoms with Crippen molar-refractivity contribution in [1.82, 2.24) is 10.3 Å². The summed E-state index contributed by atoms with van der Waals surface area (Å²) in [5.41, 5.74) is 3.47. The first kappa shape index (κ1) is 18.9. The summed E-state index contributed by atoms with van der Waals surface area (Å²) < 4.78 is 1.03. The Balaban J connectivity index is 1.76. The smallest absolute Gasteiger partial charge is 0.273 e. The van der Waals surface area contributed by atoms with Crippen molar-refractivity contribution in [2.45, 2.75) is 20.8 Å². The molecule has 138 valence electrons. The van der Waals surface area contributed by atoms with Gasteiger partial charge in [-0.25, -0.2) is 4.98 Å². The number of anilines is 1. The first-order valence-electron chi connectivity index (χ1n) is 8.00. The Morgan fingerprint density at radius 3 is 2.70 bits per heavy atom. The van der Waals surface area contributed by atoms with Crippen molar-refractivity contribution < 1.29 is 9.72 Å². The van der Waals surface area contributed by atoms with Crippen molar-refractivity contribution in [2.75, 3.05) is 5.32 Å². The number of nitrogens with zero attached hydrogens (tertiary/aromatic N) is 2. The average Bonchev–Trinajstić information content (AvgIpc) is 2.96. The molecule has 1 aromatic heterocycles. The van der Waals surface area contributed by atoms with Gasteiger partial charge in [0.2, 0.25) is 0 Å². The first-order chi connectivity index (χ1) is 12.8. The van der Waals surface area contributed by atoms with E-state index in [0.29, 0.717) is 5.13 Å². The minimum atomic E-state index is -0.520. The molecule has 0 spiro atoms. The largest absolute Gasteiger partial charge is 0.308 e. The Kier molecular flexibility index (Phi) is 5.15. The molecule has 0 aliphatic heterocycles. The third kappa shape index (κ3) is 3.93. The van der Waals surface area contributed by atoms with E-state index < -0.39 is 10.8 Å². The summed E-state index contributed by atoms with van der Waals surface area (Å²) in [6.07, 6.45) is 0. The number of nitro groups is 1. The number of carbonyl (C=O) groups excluding carboxylic acids is 1. The summed E-state index contributed by atoms with van der Waals surface area (Å²) in [4.78, 5) is 27.4. The van der Waals surface area contributed by atoms with Gasteiger partial charge in [-0.05, 0) is 56.2 Å². The van der Waals surface area contributed by atoms with Crippen LogP contribution in [0.4, 0.5) is 10.8 Å². The Labute approximate surface area is 164 Å². The van der Waals surface area contributed by atoms with E-state index in [2.05, 4.69) is 21.7 Å². The topological polar surface area (TPSA) is 97.2 Å². The van der Waals surface area contributed by atoms with E-state index in [0.717, 1.165) is 21.3 Å². The molecule has 1 heterocycles. The van der Waals surface area contributed by atoms with Gasteiger partial charge in [-0.3, -0.25) is 20.2 Å². The van der Waals surface area contributed by atoms with Gasteiger partial charge in [-0.1, -0.05) is 23.5 Å². The number of amides is 1. The fourth-order valence-electron chi connectivity index (χ4n) is 2.79. The fraction of sp³-hybridized carbons (Fsp3) is 0.167. The molecular weight excluding hydrogens is 384 g/mol. The lowest BCUT2D eigenvalue weighted by molar-refractivity contribution is -0.385. The van der Waals surface area contributed by atoms with Gasteiger partial charge in [0.1, 0.15) is 0 Å². The van der Waals surface area contributed by atoms with Crippen LogP contribution in [0.2, 0.25) is 0 Å². The van der Waals surface area contributed by atoms with Crippen molar-refractivity contribution in [3.63, 3.8) is 0 Å². The molecule has 0 aliphatic rings. The molecule has 9 heteroatoms. The standard InChI is InChI=1S/C18H16N4O3S2/c1-9-7-10(2)15-14(8-9)27-18(19-15)21-17(26)20-16(23)12-5-4-6-13(11(12)3)22(24)25/h4-8H,1-3H3,(H2,19,20,21,23,26). The van der Waals surface area contributed by atoms with Crippen LogP contribution in [0.15, 0.2) is 30.3 Å². The van der Waals surface area contributed by atoms with Gasteiger partial charge in [0.25, 0.3) is 11.6 Å². The summed E-state index contributed by atoms with van der Waals surface area (Å²) >= 11 is 6.63. The molecule has 2 N–H and O–H groups in total. The van der Waals surface area contributed by atoms with Crippen LogP contribution in [0.5, 0.6) is 0 Å². The van der Waals surface area contributed by atoms with Gasteiger partial charge in [-0.15, -0.1) is 0 Å². The Bertz CT molecular complexity index is 1090. The predicted octanol–water partition coefficient (Wildman–Crippen LogP) is 4.26. The van der Waals surface area contributed by atoms with Crippen LogP contribution in [0.1, 0.15) is 27.0 Å². The highest BCUT2D eigenvalue weighted by Gasteiger charge is 2.19. The average molecular weight is 400 g/mol. The van der Waals surface area contributed by atoms with Gasteiger partial charge in [-0.2, -0.15) is 0 Å². The number of hydrogen-bond donors (Lipinski definition) is 2. The van der Waals surface area contributed by atoms with E-state index in [-0.39, 0.29) is 21.9 Å². The molecule has 1 amide bonds. The maximum atomic E-state index is 12.4. The van der Waals surface area contributed by atoms with Gasteiger partial charge < -0.3 is 5.32 Å². The number of hydrogen-bond acceptors (Lipinski definition) is 6. The Morgan fingerprint density at radius 2 is 2.00 bits per heavy atom. The van der Waals surface area contributed by atoms with Gasteiger partial charge in [0, 0.05) is 17.2 Å². The molecule has 0 fully saturated rings. The predicted molar refractivity (Wildman–Crippen MR) is 111 cm³/mol. The van der Waals surface area contributed by atoms with Gasteiger partial charge in [0.15, 0.2) is 10.2 Å². The number of nitro benzene ring substituents is 1. The number of thiocarbonyl (C=S) groups is 1. The molecule has 0 radical (unpaired) electrons. The summed E-state index contributed by atoms with van der Waals surface area (Å²) in [6, 6.07) is 8.43. The maximum Gasteiger partial charge on any atom is 0.273 e. The van der Waals surface area contributed by atoms with E-state index in [1.54, 1.807) is 0 Å². The third-order valence-electron chi connectivity index (χ3n) is 4.02. The molecule has 0 saturated heterocycles. The minimum Gasteiger partial charge on any atom is -0.308 e. The van der Waals surface area contributed by atoms with E-state index in [9.17, 15) is 14.9 Å². The molecule has 3 aromatic rings. The van der Waals surface area contributed by atoms with Crippen LogP contribution in [0, 0.1) is 30.9 Å². The Hall–Kier alpha value is -2.91. The lowest BCUT2D eigenvalue weighted by Crippen LogP contribution is -2.34. The zero-order valence-electron chi connectivity index (χ0n) is 14.8. The highest BCUT2D eigenvalue weighted by Crippen LogP contribution is 2.29. The fourth-order valence-corrected chi connectivity index (χ4v) is 4.09. The van der Waals surface area contributed by atoms with E-state index in [4.69, 9.17) is 12.2 Å². The van der Waals surface area contributed by atoms with Crippen molar-refractivity contribution in [3.8, 4) is 0 Å². The molecular formula is C18H16N4O3S2. The zero-order chi connectivity index (χ0) is 19.7. The lowest BCUT2D eigenvalue weighted by Gasteiger charge is -2.09. The normalized spacial score (nSPS) is 10.6. The molecule has 0 atom stereocenters. The number of aromatic nitrogens is 1. The molecule has 0 aliphatic carbocycles. The van der Waals surface area contributed by atoms with Crippen LogP contribution < -0.4 is 10.6 Å². The molecule has 2 aromatic carbocycles. The van der Waals surface area contributed by atoms with Crippen molar-refractivity contribution in [1.29, 1.82) is 0 Å². The van der Waals surface area contributed by atoms with Crippen LogP contribution in [-0.4, -0.2) is 20.9 Å². The van der Waals surface area contributed by atoms with Crippen molar-refractivity contribution in [3.05, 3.63) is 62.7 Å². The third-order valence-corrected chi connectivity index (χ3v) is 5.15. The monoisotopic (exact) mass is 400 g/mol. The second-order valence-electron chi connectivity index (χ2n) is 6.06. The second-order valence-corrected chi connectivity index (χ2v) is 7.50. The molecule has 3 rings (SSSR count). The van der Waals surface area contributed by atoms with E-state index >= 15 is 0 Å². The van der Waals surface area contributed by atoms with Crippen LogP contribution in [-0.2, 0) is 0 Å². The van der Waals surface area contributed by atoms with Crippen LogP contribution >= 0.6 is 23.6 Å². The SMILES string of the molecule is Cc1cc(C)c2nc(NC(=S)NC(=O)c3cccc([N+](=O)[O-])c3C)sc2c1. The molecule has 0 unspecified atom stereocenters. The van der Waals surface area contributed by atoms with Crippen molar-refractivity contribution in [2.24, 2.45) is 0 Å². The van der Waals surface area contributed by atoms with Crippen LogP contribution in [0.3, 0.4) is 0 Å². The molecule has 0 bridgehead atoms. The zero-order valence-corrected chi connectivity index (χ0v) is 16.5. The quantitative estimate of drug-likeness (QED) is 0.387.